The van der Waals surface area contributed by atoms with E-state index in [1.54, 1.807) is 7.11 Å². The molecule has 1 atom stereocenters. The van der Waals surface area contributed by atoms with Gasteiger partial charge in [-0.2, -0.15) is 0 Å². The first-order valence-electron chi connectivity index (χ1n) is 6.15. The highest BCUT2D eigenvalue weighted by molar-refractivity contribution is 5.27. The maximum absolute atomic E-state index is 6.11. The van der Waals surface area contributed by atoms with Crippen molar-refractivity contribution in [2.75, 3.05) is 27.7 Å². The van der Waals surface area contributed by atoms with E-state index in [9.17, 15) is 0 Å². The van der Waals surface area contributed by atoms with E-state index < -0.39 is 0 Å². The van der Waals surface area contributed by atoms with Crippen molar-refractivity contribution >= 4 is 0 Å². The predicted octanol–water partition coefficient (Wildman–Crippen LogP) is 1.91. The summed E-state index contributed by atoms with van der Waals surface area (Å²) in [6, 6.07) is 8.40. The van der Waals surface area contributed by atoms with E-state index in [0.29, 0.717) is 0 Å². The molecular weight excluding hydrogens is 212 g/mol. The third-order valence-corrected chi connectivity index (χ3v) is 2.84. The Bertz CT molecular complexity index is 309. The van der Waals surface area contributed by atoms with Crippen LogP contribution in [-0.2, 0) is 6.42 Å². The minimum atomic E-state index is 0.253. The molecule has 0 aliphatic rings. The second-order valence-corrected chi connectivity index (χ2v) is 4.76. The van der Waals surface area contributed by atoms with Gasteiger partial charge in [0.15, 0.2) is 0 Å². The normalized spacial score (nSPS) is 12.8. The first-order valence-corrected chi connectivity index (χ1v) is 6.15. The standard InChI is InChI=1S/C14H24N2O/c1-16(2)10-4-5-13(15)11-12-6-8-14(17-3)9-7-12/h6-9,13H,4-5,10-11,15H2,1-3H3. The lowest BCUT2D eigenvalue weighted by Gasteiger charge is -2.14. The zero-order chi connectivity index (χ0) is 12.7. The molecule has 1 aromatic rings. The van der Waals surface area contributed by atoms with E-state index in [4.69, 9.17) is 10.5 Å². The van der Waals surface area contributed by atoms with Crippen LogP contribution >= 0.6 is 0 Å². The Morgan fingerprint density at radius 1 is 1.24 bits per heavy atom. The Hall–Kier alpha value is -1.06. The largest absolute Gasteiger partial charge is 0.497 e. The molecule has 0 aliphatic carbocycles. The summed E-state index contributed by atoms with van der Waals surface area (Å²) in [6.45, 7) is 1.11. The molecule has 0 aromatic heterocycles. The number of methoxy groups -OCH3 is 1. The van der Waals surface area contributed by atoms with Gasteiger partial charge in [0.1, 0.15) is 5.75 Å². The highest BCUT2D eigenvalue weighted by atomic mass is 16.5. The molecule has 0 radical (unpaired) electrons. The number of hydrogen-bond acceptors (Lipinski definition) is 3. The Labute approximate surface area is 105 Å². The number of nitrogens with zero attached hydrogens (tertiary/aromatic N) is 1. The van der Waals surface area contributed by atoms with Gasteiger partial charge in [-0.25, -0.2) is 0 Å². The van der Waals surface area contributed by atoms with Crippen LogP contribution in [0.25, 0.3) is 0 Å². The molecule has 0 saturated heterocycles. The first kappa shape index (κ1) is 14.0. The van der Waals surface area contributed by atoms with Crippen molar-refractivity contribution < 1.29 is 4.74 Å². The first-order chi connectivity index (χ1) is 8.11. The van der Waals surface area contributed by atoms with Gasteiger partial charge in [0.05, 0.1) is 7.11 Å². The lowest BCUT2D eigenvalue weighted by atomic mass is 10.0. The Kier molecular flexibility index (Phi) is 6.01. The van der Waals surface area contributed by atoms with Gasteiger partial charge in [0.25, 0.3) is 0 Å². The van der Waals surface area contributed by atoms with Crippen LogP contribution in [0.3, 0.4) is 0 Å². The van der Waals surface area contributed by atoms with Crippen molar-refractivity contribution in [3.63, 3.8) is 0 Å². The molecule has 0 spiro atoms. The summed E-state index contributed by atoms with van der Waals surface area (Å²) >= 11 is 0. The molecule has 3 nitrogen and oxygen atoms in total. The average Bonchev–Trinajstić information content (AvgIpc) is 2.29. The molecule has 0 saturated carbocycles. The number of rotatable bonds is 7. The number of nitrogens with two attached hydrogens (primary N) is 1. The van der Waals surface area contributed by atoms with Gasteiger partial charge in [-0.1, -0.05) is 12.1 Å². The van der Waals surface area contributed by atoms with Gasteiger partial charge in [0.2, 0.25) is 0 Å². The molecule has 2 N–H and O–H groups in total. The van der Waals surface area contributed by atoms with Crippen LogP contribution in [0.4, 0.5) is 0 Å². The summed E-state index contributed by atoms with van der Waals surface area (Å²) in [5.41, 5.74) is 7.39. The molecule has 0 fully saturated rings. The number of hydrogen-bond donors (Lipinski definition) is 1. The smallest absolute Gasteiger partial charge is 0.118 e. The summed E-state index contributed by atoms with van der Waals surface area (Å²) in [7, 11) is 5.87. The summed E-state index contributed by atoms with van der Waals surface area (Å²) in [6.07, 6.45) is 3.17. The van der Waals surface area contributed by atoms with Crippen LogP contribution in [0.1, 0.15) is 18.4 Å². The Morgan fingerprint density at radius 3 is 2.41 bits per heavy atom. The van der Waals surface area contributed by atoms with Crippen LogP contribution in [0.2, 0.25) is 0 Å². The molecule has 1 unspecified atom stereocenters. The van der Waals surface area contributed by atoms with E-state index in [1.807, 2.05) is 12.1 Å². The van der Waals surface area contributed by atoms with Gasteiger partial charge >= 0.3 is 0 Å². The molecule has 96 valence electrons. The van der Waals surface area contributed by atoms with Crippen LogP contribution in [0.15, 0.2) is 24.3 Å². The van der Waals surface area contributed by atoms with Gasteiger partial charge in [-0.15, -0.1) is 0 Å². The highest BCUT2D eigenvalue weighted by Crippen LogP contribution is 2.13. The molecular formula is C14H24N2O. The van der Waals surface area contributed by atoms with Crippen molar-refractivity contribution in [1.29, 1.82) is 0 Å². The van der Waals surface area contributed by atoms with E-state index >= 15 is 0 Å². The lowest BCUT2D eigenvalue weighted by molar-refractivity contribution is 0.384. The van der Waals surface area contributed by atoms with E-state index in [-0.39, 0.29) is 6.04 Å². The fraction of sp³-hybridized carbons (Fsp3) is 0.571. The maximum atomic E-state index is 6.11. The molecule has 0 amide bonds. The van der Waals surface area contributed by atoms with E-state index in [1.165, 1.54) is 5.56 Å². The predicted molar refractivity (Wildman–Crippen MR) is 72.5 cm³/mol. The summed E-state index contributed by atoms with van der Waals surface area (Å²) in [5, 5.41) is 0. The molecule has 0 heterocycles. The van der Waals surface area contributed by atoms with Gasteiger partial charge in [0, 0.05) is 6.04 Å². The van der Waals surface area contributed by atoms with E-state index in [0.717, 1.165) is 31.6 Å². The van der Waals surface area contributed by atoms with Crippen LogP contribution < -0.4 is 10.5 Å². The van der Waals surface area contributed by atoms with Crippen LogP contribution in [0, 0.1) is 0 Å². The summed E-state index contributed by atoms with van der Waals surface area (Å²) in [4.78, 5) is 2.19. The molecule has 17 heavy (non-hydrogen) atoms. The Morgan fingerprint density at radius 2 is 1.88 bits per heavy atom. The second kappa shape index (κ2) is 7.30. The Balaban J connectivity index is 2.31. The second-order valence-electron chi connectivity index (χ2n) is 4.76. The average molecular weight is 236 g/mol. The summed E-state index contributed by atoms with van der Waals surface area (Å²) in [5.74, 6) is 0.898. The molecule has 0 aliphatic heterocycles. The fourth-order valence-electron chi connectivity index (χ4n) is 1.84. The summed E-state index contributed by atoms with van der Waals surface area (Å²) < 4.78 is 5.13. The minimum Gasteiger partial charge on any atom is -0.497 e. The van der Waals surface area contributed by atoms with Gasteiger partial charge < -0.3 is 15.4 Å². The minimum absolute atomic E-state index is 0.253. The van der Waals surface area contributed by atoms with Gasteiger partial charge in [-0.05, 0) is 57.6 Å². The van der Waals surface area contributed by atoms with E-state index in [2.05, 4.69) is 31.1 Å². The van der Waals surface area contributed by atoms with Crippen molar-refractivity contribution in [1.82, 2.24) is 4.90 Å². The molecule has 1 aromatic carbocycles. The molecule has 1 rings (SSSR count). The third-order valence-electron chi connectivity index (χ3n) is 2.84. The quantitative estimate of drug-likeness (QED) is 0.786. The van der Waals surface area contributed by atoms with Crippen LogP contribution in [0.5, 0.6) is 5.75 Å². The topological polar surface area (TPSA) is 38.5 Å². The fourth-order valence-corrected chi connectivity index (χ4v) is 1.84. The van der Waals surface area contributed by atoms with Crippen molar-refractivity contribution in [3.8, 4) is 5.75 Å². The monoisotopic (exact) mass is 236 g/mol. The zero-order valence-corrected chi connectivity index (χ0v) is 11.1. The molecule has 0 bridgehead atoms. The molecule has 3 heteroatoms. The third kappa shape index (κ3) is 5.71. The van der Waals surface area contributed by atoms with Gasteiger partial charge in [-0.3, -0.25) is 0 Å². The van der Waals surface area contributed by atoms with Crippen molar-refractivity contribution in [3.05, 3.63) is 29.8 Å². The SMILES string of the molecule is COc1ccc(CC(N)CCCN(C)C)cc1. The van der Waals surface area contributed by atoms with Crippen molar-refractivity contribution in [2.24, 2.45) is 5.73 Å². The van der Waals surface area contributed by atoms with Crippen molar-refractivity contribution in [2.45, 2.75) is 25.3 Å². The number of benzene rings is 1. The maximum Gasteiger partial charge on any atom is 0.118 e. The van der Waals surface area contributed by atoms with Crippen LogP contribution in [-0.4, -0.2) is 38.7 Å². The highest BCUT2D eigenvalue weighted by Gasteiger charge is 2.04. The lowest BCUT2D eigenvalue weighted by Crippen LogP contribution is -2.24. The zero-order valence-electron chi connectivity index (χ0n) is 11.1. The number of ether oxygens (including phenoxy) is 1.